The van der Waals surface area contributed by atoms with Crippen LogP contribution in [0.2, 0.25) is 0 Å². The zero-order valence-corrected chi connectivity index (χ0v) is 9.73. The summed E-state index contributed by atoms with van der Waals surface area (Å²) in [5.74, 6) is 0. The topological polar surface area (TPSA) is 15.3 Å². The van der Waals surface area contributed by atoms with Gasteiger partial charge in [-0.3, -0.25) is 10.4 Å². The Hall–Kier alpha value is 1.38. The minimum absolute atomic E-state index is 1.01. The highest BCUT2D eigenvalue weighted by atomic mass is 128. The number of nitrogens with one attached hydrogen (secondary N) is 1. The Morgan fingerprint density at radius 3 is 1.75 bits per heavy atom. The quantitative estimate of drug-likeness (QED) is 0.609. The van der Waals surface area contributed by atoms with E-state index >= 15 is 0 Å². The first-order valence-electron chi connectivity index (χ1n) is 2.32. The number of hydrazine groups is 1. The van der Waals surface area contributed by atoms with Gasteiger partial charge in [-0.25, -0.2) is 0 Å². The lowest BCUT2D eigenvalue weighted by Crippen LogP contribution is -2.29. The predicted octanol–water partition coefficient (Wildman–Crippen LogP) is 1.84. The summed E-state index contributed by atoms with van der Waals surface area (Å²) in [7, 11) is 3.95. The molecule has 0 aliphatic rings. The minimum Gasteiger partial charge on any atom is -0.256 e. The van der Waals surface area contributed by atoms with E-state index in [1.165, 1.54) is 0 Å². The molecule has 0 radical (unpaired) electrons. The molecule has 0 aromatic heterocycles. The Balaban J connectivity index is 0. The average molecular weight is 342 g/mol. The van der Waals surface area contributed by atoms with Gasteiger partial charge in [0.1, 0.15) is 0 Å². The Labute approximate surface area is 74.7 Å². The van der Waals surface area contributed by atoms with Gasteiger partial charge >= 0.3 is 0 Å². The lowest BCUT2D eigenvalue weighted by molar-refractivity contribution is 0.299. The summed E-state index contributed by atoms with van der Waals surface area (Å²) < 4.78 is 0. The van der Waals surface area contributed by atoms with Crippen LogP contribution in [-0.4, -0.2) is 25.6 Å². The standard InChI is InChI=1S/C4H12N2.I2/c1-4-5-6(2)3;1-2/h5H,4H2,1-3H3;. The number of hydrogen-bond acceptors (Lipinski definition) is 2. The van der Waals surface area contributed by atoms with Crippen LogP contribution in [0.25, 0.3) is 0 Å². The molecule has 8 heavy (non-hydrogen) atoms. The molecule has 0 saturated heterocycles. The van der Waals surface area contributed by atoms with Gasteiger partial charge in [0.25, 0.3) is 0 Å². The van der Waals surface area contributed by atoms with Crippen LogP contribution in [0.5, 0.6) is 0 Å². The fourth-order valence-electron chi connectivity index (χ4n) is 0.316. The van der Waals surface area contributed by atoms with E-state index in [9.17, 15) is 0 Å². The van der Waals surface area contributed by atoms with Crippen LogP contribution in [0, 0.1) is 0 Å². The van der Waals surface area contributed by atoms with Crippen molar-refractivity contribution in [2.45, 2.75) is 6.92 Å². The van der Waals surface area contributed by atoms with Crippen molar-refractivity contribution in [3.05, 3.63) is 0 Å². The molecule has 0 amide bonds. The molecule has 0 spiro atoms. The second-order valence-corrected chi connectivity index (χ2v) is 1.41. The maximum absolute atomic E-state index is 3.04. The maximum Gasteiger partial charge on any atom is 0.00735 e. The van der Waals surface area contributed by atoms with Gasteiger partial charge in [0.2, 0.25) is 0 Å². The van der Waals surface area contributed by atoms with Crippen molar-refractivity contribution >= 4 is 37.2 Å². The number of hydrogen-bond donors (Lipinski definition) is 1. The van der Waals surface area contributed by atoms with Crippen LogP contribution < -0.4 is 5.43 Å². The monoisotopic (exact) mass is 342 g/mol. The van der Waals surface area contributed by atoms with Gasteiger partial charge in [-0.15, -0.1) is 0 Å². The van der Waals surface area contributed by atoms with E-state index in [0.29, 0.717) is 0 Å². The molecule has 0 unspecified atom stereocenters. The minimum atomic E-state index is 1.01. The first kappa shape index (κ1) is 12.1. The van der Waals surface area contributed by atoms with Crippen LogP contribution in [-0.2, 0) is 0 Å². The van der Waals surface area contributed by atoms with Crippen molar-refractivity contribution < 1.29 is 0 Å². The van der Waals surface area contributed by atoms with Crippen molar-refractivity contribution in [2.75, 3.05) is 20.6 Å². The summed E-state index contributed by atoms with van der Waals surface area (Å²) >= 11 is 4.24. The summed E-state index contributed by atoms with van der Waals surface area (Å²) in [4.78, 5) is 0. The summed E-state index contributed by atoms with van der Waals surface area (Å²) in [6.07, 6.45) is 0. The fraction of sp³-hybridized carbons (Fsp3) is 1.00. The third-order valence-electron chi connectivity index (χ3n) is 0.474. The molecule has 0 atom stereocenters. The van der Waals surface area contributed by atoms with E-state index in [0.717, 1.165) is 6.54 Å². The molecular weight excluding hydrogens is 330 g/mol. The number of halogens is 2. The van der Waals surface area contributed by atoms with Crippen LogP contribution in [0.15, 0.2) is 0 Å². The summed E-state index contributed by atoms with van der Waals surface area (Å²) in [5.41, 5.74) is 3.04. The fourth-order valence-corrected chi connectivity index (χ4v) is 0.316. The van der Waals surface area contributed by atoms with E-state index < -0.39 is 0 Å². The molecule has 1 N–H and O–H groups in total. The first-order valence-corrected chi connectivity index (χ1v) is 8.61. The van der Waals surface area contributed by atoms with E-state index in [4.69, 9.17) is 0 Å². The third-order valence-corrected chi connectivity index (χ3v) is 0.474. The highest BCUT2D eigenvalue weighted by Crippen LogP contribution is 1.89. The van der Waals surface area contributed by atoms with E-state index in [1.54, 1.807) is 0 Å². The number of rotatable bonds is 2. The van der Waals surface area contributed by atoms with Crippen molar-refractivity contribution in [1.82, 2.24) is 10.4 Å². The smallest absolute Gasteiger partial charge is 0.00735 e. The van der Waals surface area contributed by atoms with Crippen molar-refractivity contribution in [2.24, 2.45) is 0 Å². The van der Waals surface area contributed by atoms with Gasteiger partial charge in [-0.05, 0) is 0 Å². The van der Waals surface area contributed by atoms with Crippen LogP contribution in [0.1, 0.15) is 6.92 Å². The molecule has 0 saturated carbocycles. The van der Waals surface area contributed by atoms with Crippen molar-refractivity contribution in [3.63, 3.8) is 0 Å². The summed E-state index contributed by atoms with van der Waals surface area (Å²) in [6.45, 7) is 3.08. The Kier molecular flexibility index (Phi) is 17.0. The molecule has 52 valence electrons. The van der Waals surface area contributed by atoms with E-state index in [2.05, 4.69) is 49.6 Å². The van der Waals surface area contributed by atoms with E-state index in [1.807, 2.05) is 19.1 Å². The molecule has 4 heteroatoms. The van der Waals surface area contributed by atoms with E-state index in [-0.39, 0.29) is 0 Å². The molecule has 0 heterocycles. The lowest BCUT2D eigenvalue weighted by atomic mass is 10.8. The zero-order chi connectivity index (χ0) is 6.99. The zero-order valence-electron chi connectivity index (χ0n) is 5.41. The molecule has 2 nitrogen and oxygen atoms in total. The van der Waals surface area contributed by atoms with Crippen LogP contribution >= 0.6 is 37.2 Å². The van der Waals surface area contributed by atoms with Gasteiger partial charge in [-0.1, -0.05) is 6.92 Å². The Morgan fingerprint density at radius 2 is 1.75 bits per heavy atom. The highest BCUT2D eigenvalue weighted by molar-refractivity contribution is 15.0. The highest BCUT2D eigenvalue weighted by Gasteiger charge is 1.75. The van der Waals surface area contributed by atoms with Crippen molar-refractivity contribution in [1.29, 1.82) is 0 Å². The molecular formula is C4H12I2N2. The normalized spacial score (nSPS) is 8.25. The SMILES string of the molecule is CCNN(C)C.II. The molecule has 0 aliphatic heterocycles. The second kappa shape index (κ2) is 11.2. The Bertz CT molecular complexity index is 33.2. The average Bonchev–Trinajstić information content (AvgIpc) is 1.72. The predicted molar refractivity (Wildman–Crippen MR) is 55.4 cm³/mol. The van der Waals surface area contributed by atoms with Crippen LogP contribution in [0.4, 0.5) is 0 Å². The molecule has 0 fully saturated rings. The van der Waals surface area contributed by atoms with Gasteiger partial charge in [0.05, 0.1) is 0 Å². The van der Waals surface area contributed by atoms with Gasteiger partial charge in [0.15, 0.2) is 0 Å². The van der Waals surface area contributed by atoms with Gasteiger partial charge in [0, 0.05) is 57.9 Å². The summed E-state index contributed by atoms with van der Waals surface area (Å²) in [6, 6.07) is 0. The lowest BCUT2D eigenvalue weighted by Gasteiger charge is -2.07. The largest absolute Gasteiger partial charge is 0.256 e. The Morgan fingerprint density at radius 1 is 1.38 bits per heavy atom. The van der Waals surface area contributed by atoms with Gasteiger partial charge in [-0.2, -0.15) is 0 Å². The van der Waals surface area contributed by atoms with Crippen LogP contribution in [0.3, 0.4) is 0 Å². The number of nitrogens with zero attached hydrogens (tertiary/aromatic N) is 1. The third kappa shape index (κ3) is 15.7. The van der Waals surface area contributed by atoms with Gasteiger partial charge < -0.3 is 0 Å². The first-order chi connectivity index (χ1) is 3.77. The molecule has 0 aromatic carbocycles. The molecule has 0 bridgehead atoms. The second-order valence-electron chi connectivity index (χ2n) is 1.41. The molecule has 0 aliphatic carbocycles. The molecule has 0 aromatic rings. The summed E-state index contributed by atoms with van der Waals surface area (Å²) in [5, 5.41) is 1.93. The molecule has 0 rings (SSSR count). The van der Waals surface area contributed by atoms with Crippen molar-refractivity contribution in [3.8, 4) is 0 Å². The maximum atomic E-state index is 3.04.